The van der Waals surface area contributed by atoms with Crippen LogP contribution in [0.25, 0.3) is 0 Å². The lowest BCUT2D eigenvalue weighted by atomic mass is 9.99. The number of piperidine rings is 1. The summed E-state index contributed by atoms with van der Waals surface area (Å²) in [6, 6.07) is 8.19. The highest BCUT2D eigenvalue weighted by atomic mass is 16.3. The topological polar surface area (TPSA) is 76.4 Å². The number of hydrogen-bond donors (Lipinski definition) is 2. The maximum atomic E-state index is 12.1. The Morgan fingerprint density at radius 2 is 2.19 bits per heavy atom. The number of rotatable bonds is 3. The SMILES string of the molecule is CC1CCN(/C=C(/C#N)C(=O)Nc2cccc(O)c2)CC1. The third-order valence-electron chi connectivity index (χ3n) is 3.60. The van der Waals surface area contributed by atoms with Crippen molar-refractivity contribution in [3.8, 4) is 11.8 Å². The number of phenols is 1. The molecule has 21 heavy (non-hydrogen) atoms. The zero-order valence-corrected chi connectivity index (χ0v) is 12.0. The van der Waals surface area contributed by atoms with Gasteiger partial charge in [-0.15, -0.1) is 0 Å². The van der Waals surface area contributed by atoms with Crippen LogP contribution < -0.4 is 5.32 Å². The summed E-state index contributed by atoms with van der Waals surface area (Å²) >= 11 is 0. The molecule has 1 aliphatic rings. The summed E-state index contributed by atoms with van der Waals surface area (Å²) in [5, 5.41) is 21.1. The van der Waals surface area contributed by atoms with Crippen LogP contribution in [0.5, 0.6) is 5.75 Å². The predicted octanol–water partition coefficient (Wildman–Crippen LogP) is 2.47. The van der Waals surface area contributed by atoms with Crippen LogP contribution >= 0.6 is 0 Å². The van der Waals surface area contributed by atoms with Gasteiger partial charge in [0, 0.05) is 31.0 Å². The highest BCUT2D eigenvalue weighted by molar-refractivity contribution is 6.06. The van der Waals surface area contributed by atoms with Crippen molar-refractivity contribution in [2.45, 2.75) is 19.8 Å². The summed E-state index contributed by atoms with van der Waals surface area (Å²) in [5.74, 6) is 0.309. The number of likely N-dealkylation sites (tertiary alicyclic amines) is 1. The first-order valence-electron chi connectivity index (χ1n) is 7.05. The fourth-order valence-electron chi connectivity index (χ4n) is 2.26. The lowest BCUT2D eigenvalue weighted by Crippen LogP contribution is -2.29. The molecule has 0 aliphatic carbocycles. The number of anilines is 1. The van der Waals surface area contributed by atoms with Crippen LogP contribution in [-0.4, -0.2) is 29.0 Å². The van der Waals surface area contributed by atoms with Crippen LogP contribution in [-0.2, 0) is 4.79 Å². The number of nitriles is 1. The van der Waals surface area contributed by atoms with Gasteiger partial charge in [0.05, 0.1) is 0 Å². The second-order valence-electron chi connectivity index (χ2n) is 5.38. The number of carbonyl (C=O) groups excluding carboxylic acids is 1. The van der Waals surface area contributed by atoms with E-state index in [1.165, 1.54) is 12.1 Å². The number of hydrogen-bond acceptors (Lipinski definition) is 4. The number of nitrogens with one attached hydrogen (secondary N) is 1. The molecule has 1 aromatic rings. The molecule has 0 aromatic heterocycles. The Bertz CT molecular complexity index is 581. The molecule has 1 amide bonds. The minimum absolute atomic E-state index is 0.0697. The molecule has 0 atom stereocenters. The van der Waals surface area contributed by atoms with E-state index >= 15 is 0 Å². The van der Waals surface area contributed by atoms with E-state index in [4.69, 9.17) is 5.26 Å². The van der Waals surface area contributed by atoms with Crippen molar-refractivity contribution in [1.82, 2.24) is 4.90 Å². The van der Waals surface area contributed by atoms with Gasteiger partial charge in [0.1, 0.15) is 17.4 Å². The maximum Gasteiger partial charge on any atom is 0.267 e. The molecule has 5 heteroatoms. The van der Waals surface area contributed by atoms with Crippen molar-refractivity contribution in [1.29, 1.82) is 5.26 Å². The summed E-state index contributed by atoms with van der Waals surface area (Å²) in [7, 11) is 0. The molecule has 1 saturated heterocycles. The predicted molar refractivity (Wildman–Crippen MR) is 80.4 cm³/mol. The zero-order valence-electron chi connectivity index (χ0n) is 12.0. The van der Waals surface area contributed by atoms with Crippen molar-refractivity contribution >= 4 is 11.6 Å². The Hall–Kier alpha value is -2.48. The van der Waals surface area contributed by atoms with E-state index in [1.54, 1.807) is 18.3 Å². The number of carbonyl (C=O) groups is 1. The van der Waals surface area contributed by atoms with E-state index in [2.05, 4.69) is 12.2 Å². The minimum atomic E-state index is -0.457. The normalized spacial score (nSPS) is 16.4. The van der Waals surface area contributed by atoms with Crippen molar-refractivity contribution in [3.05, 3.63) is 36.0 Å². The first-order chi connectivity index (χ1) is 10.1. The molecule has 0 saturated carbocycles. The third-order valence-corrected chi connectivity index (χ3v) is 3.60. The molecule has 2 rings (SSSR count). The first-order valence-corrected chi connectivity index (χ1v) is 7.05. The smallest absolute Gasteiger partial charge is 0.267 e. The Morgan fingerprint density at radius 3 is 2.81 bits per heavy atom. The van der Waals surface area contributed by atoms with Crippen LogP contribution in [0.1, 0.15) is 19.8 Å². The second kappa shape index (κ2) is 6.80. The molecule has 1 heterocycles. The summed E-state index contributed by atoms with van der Waals surface area (Å²) in [6.07, 6.45) is 3.77. The van der Waals surface area contributed by atoms with Gasteiger partial charge < -0.3 is 15.3 Å². The number of amides is 1. The first kappa shape index (κ1) is 14.9. The van der Waals surface area contributed by atoms with Crippen molar-refractivity contribution in [3.63, 3.8) is 0 Å². The highest BCUT2D eigenvalue weighted by Crippen LogP contribution is 2.18. The largest absolute Gasteiger partial charge is 0.508 e. The Kier molecular flexibility index (Phi) is 4.83. The molecular weight excluding hydrogens is 266 g/mol. The lowest BCUT2D eigenvalue weighted by molar-refractivity contribution is -0.112. The van der Waals surface area contributed by atoms with Crippen molar-refractivity contribution < 1.29 is 9.90 Å². The molecule has 1 aromatic carbocycles. The molecule has 1 aliphatic heterocycles. The van der Waals surface area contributed by atoms with E-state index in [0.717, 1.165) is 25.9 Å². The standard InChI is InChI=1S/C16H19N3O2/c1-12-5-7-19(8-6-12)11-13(10-17)16(21)18-14-3-2-4-15(20)9-14/h2-4,9,11-12,20H,5-8H2,1H3,(H,18,21)/b13-11-. The summed E-state index contributed by atoms with van der Waals surface area (Å²) in [6.45, 7) is 3.94. The van der Waals surface area contributed by atoms with Crippen LogP contribution in [0.15, 0.2) is 36.0 Å². The monoisotopic (exact) mass is 285 g/mol. The number of aromatic hydroxyl groups is 1. The molecule has 0 radical (unpaired) electrons. The molecule has 110 valence electrons. The highest BCUT2D eigenvalue weighted by Gasteiger charge is 2.16. The van der Waals surface area contributed by atoms with E-state index in [9.17, 15) is 9.90 Å². The molecule has 0 bridgehead atoms. The van der Waals surface area contributed by atoms with Gasteiger partial charge in [-0.2, -0.15) is 5.26 Å². The van der Waals surface area contributed by atoms with E-state index in [-0.39, 0.29) is 11.3 Å². The molecule has 1 fully saturated rings. The van der Waals surface area contributed by atoms with Gasteiger partial charge >= 0.3 is 0 Å². The minimum Gasteiger partial charge on any atom is -0.508 e. The summed E-state index contributed by atoms with van der Waals surface area (Å²) in [4.78, 5) is 14.1. The molecule has 0 spiro atoms. The maximum absolute atomic E-state index is 12.1. The number of phenolic OH excluding ortho intramolecular Hbond substituents is 1. The Balaban J connectivity index is 2.03. The average molecular weight is 285 g/mol. The summed E-state index contributed by atoms with van der Waals surface area (Å²) in [5.41, 5.74) is 0.543. The third kappa shape index (κ3) is 4.25. The molecule has 2 N–H and O–H groups in total. The van der Waals surface area contributed by atoms with Crippen LogP contribution in [0.3, 0.4) is 0 Å². The second-order valence-corrected chi connectivity index (χ2v) is 5.38. The van der Waals surface area contributed by atoms with Crippen molar-refractivity contribution in [2.24, 2.45) is 5.92 Å². The van der Waals surface area contributed by atoms with Gasteiger partial charge in [-0.05, 0) is 30.9 Å². The zero-order chi connectivity index (χ0) is 15.2. The van der Waals surface area contributed by atoms with Crippen LogP contribution in [0.2, 0.25) is 0 Å². The Labute approximate surface area is 124 Å². The van der Waals surface area contributed by atoms with Crippen LogP contribution in [0, 0.1) is 17.2 Å². The van der Waals surface area contributed by atoms with Gasteiger partial charge in [0.2, 0.25) is 0 Å². The van der Waals surface area contributed by atoms with Crippen molar-refractivity contribution in [2.75, 3.05) is 18.4 Å². The molecule has 5 nitrogen and oxygen atoms in total. The summed E-state index contributed by atoms with van der Waals surface area (Å²) < 4.78 is 0. The van der Waals surface area contributed by atoms with Gasteiger partial charge in [-0.3, -0.25) is 4.79 Å². The van der Waals surface area contributed by atoms with E-state index in [1.807, 2.05) is 11.0 Å². The Morgan fingerprint density at radius 1 is 1.48 bits per heavy atom. The lowest BCUT2D eigenvalue weighted by Gasteiger charge is -2.29. The average Bonchev–Trinajstić information content (AvgIpc) is 2.46. The fraction of sp³-hybridized carbons (Fsp3) is 0.375. The molecular formula is C16H19N3O2. The van der Waals surface area contributed by atoms with Crippen LogP contribution in [0.4, 0.5) is 5.69 Å². The number of benzene rings is 1. The fourth-order valence-corrected chi connectivity index (χ4v) is 2.26. The van der Waals surface area contributed by atoms with Gasteiger partial charge in [0.15, 0.2) is 0 Å². The molecule has 0 unspecified atom stereocenters. The number of nitrogens with zero attached hydrogens (tertiary/aromatic N) is 2. The van der Waals surface area contributed by atoms with Gasteiger partial charge in [0.25, 0.3) is 5.91 Å². The van der Waals surface area contributed by atoms with E-state index < -0.39 is 5.91 Å². The quantitative estimate of drug-likeness (QED) is 0.660. The van der Waals surface area contributed by atoms with Gasteiger partial charge in [-0.25, -0.2) is 0 Å². The van der Waals surface area contributed by atoms with Gasteiger partial charge in [-0.1, -0.05) is 13.0 Å². The van der Waals surface area contributed by atoms with E-state index in [0.29, 0.717) is 11.6 Å².